The molecule has 19 heavy (non-hydrogen) atoms. The molecule has 0 spiro atoms. The van der Waals surface area contributed by atoms with Gasteiger partial charge in [-0.3, -0.25) is 0 Å². The Hall–Kier alpha value is -1.78. The van der Waals surface area contributed by atoms with Crippen LogP contribution >= 0.6 is 11.3 Å². The Morgan fingerprint density at radius 2 is 1.89 bits per heavy atom. The molecule has 3 aromatic rings. The van der Waals surface area contributed by atoms with Gasteiger partial charge in [0.05, 0.1) is 0 Å². The molecule has 1 unspecified atom stereocenters. The first-order valence-corrected chi connectivity index (χ1v) is 6.87. The highest BCUT2D eigenvalue weighted by Gasteiger charge is 2.12. The van der Waals surface area contributed by atoms with Gasteiger partial charge in [0.25, 0.3) is 0 Å². The molecular weight excluding hydrogens is 259 g/mol. The van der Waals surface area contributed by atoms with Crippen molar-refractivity contribution in [2.45, 2.75) is 13.0 Å². The second-order valence-electron chi connectivity index (χ2n) is 4.50. The fourth-order valence-electron chi connectivity index (χ4n) is 2.07. The van der Waals surface area contributed by atoms with Crippen molar-refractivity contribution in [1.82, 2.24) is 4.98 Å². The smallest absolute Gasteiger partial charge is 0.131 e. The number of hydrogen-bond acceptors (Lipinski definition) is 3. The second-order valence-corrected chi connectivity index (χ2v) is 5.56. The molecular formula is C15H13FN2S. The van der Waals surface area contributed by atoms with E-state index >= 15 is 0 Å². The average Bonchev–Trinajstić information content (AvgIpc) is 2.89. The van der Waals surface area contributed by atoms with E-state index in [0.717, 1.165) is 20.8 Å². The predicted octanol–water partition coefficient (Wildman–Crippen LogP) is 4.12. The monoisotopic (exact) mass is 272 g/mol. The predicted molar refractivity (Wildman–Crippen MR) is 77.6 cm³/mol. The van der Waals surface area contributed by atoms with Gasteiger partial charge in [0.1, 0.15) is 10.8 Å². The van der Waals surface area contributed by atoms with Crippen LogP contribution in [0.25, 0.3) is 21.3 Å². The van der Waals surface area contributed by atoms with Crippen molar-refractivity contribution in [2.75, 3.05) is 0 Å². The molecule has 1 heterocycles. The van der Waals surface area contributed by atoms with Crippen LogP contribution in [-0.4, -0.2) is 4.98 Å². The van der Waals surface area contributed by atoms with Gasteiger partial charge in [0.2, 0.25) is 0 Å². The van der Waals surface area contributed by atoms with Gasteiger partial charge in [-0.25, -0.2) is 9.37 Å². The number of benzene rings is 2. The number of aromatic nitrogens is 1. The van der Waals surface area contributed by atoms with Crippen LogP contribution in [-0.2, 0) is 0 Å². The first-order valence-electron chi connectivity index (χ1n) is 6.06. The molecule has 2 nitrogen and oxygen atoms in total. The van der Waals surface area contributed by atoms with Gasteiger partial charge >= 0.3 is 0 Å². The molecule has 96 valence electrons. The van der Waals surface area contributed by atoms with Gasteiger partial charge in [-0.1, -0.05) is 24.3 Å². The topological polar surface area (TPSA) is 38.9 Å². The van der Waals surface area contributed by atoms with Crippen LogP contribution in [0.15, 0.2) is 42.6 Å². The molecule has 4 heteroatoms. The van der Waals surface area contributed by atoms with Crippen LogP contribution in [0.4, 0.5) is 4.39 Å². The lowest BCUT2D eigenvalue weighted by atomic mass is 10.0. The second kappa shape index (κ2) is 4.72. The standard InChI is InChI=1S/C15H13FN2S/c1-9(17)14-8-18-15(19-14)12-6-7-13(16)11-5-3-2-4-10(11)12/h2-9H,17H2,1H3. The maximum absolute atomic E-state index is 13.8. The Labute approximate surface area is 114 Å². The lowest BCUT2D eigenvalue weighted by molar-refractivity contribution is 0.640. The van der Waals surface area contributed by atoms with Crippen LogP contribution < -0.4 is 5.73 Å². The van der Waals surface area contributed by atoms with Gasteiger partial charge in [0.15, 0.2) is 0 Å². The van der Waals surface area contributed by atoms with Crippen LogP contribution in [0.3, 0.4) is 0 Å². The van der Waals surface area contributed by atoms with Crippen molar-refractivity contribution in [3.05, 3.63) is 53.3 Å². The summed E-state index contributed by atoms with van der Waals surface area (Å²) in [4.78, 5) is 5.43. The molecule has 0 fully saturated rings. The third-order valence-corrected chi connectivity index (χ3v) is 4.31. The number of nitrogens with two attached hydrogens (primary N) is 1. The third kappa shape index (κ3) is 2.13. The van der Waals surface area contributed by atoms with Gasteiger partial charge < -0.3 is 5.73 Å². The lowest BCUT2D eigenvalue weighted by Gasteiger charge is -2.04. The van der Waals surface area contributed by atoms with Gasteiger partial charge in [-0.15, -0.1) is 11.3 Å². The third-order valence-electron chi connectivity index (χ3n) is 3.07. The molecule has 0 saturated carbocycles. The zero-order valence-corrected chi connectivity index (χ0v) is 11.2. The largest absolute Gasteiger partial charge is 0.323 e. The molecule has 1 aromatic heterocycles. The van der Waals surface area contributed by atoms with Gasteiger partial charge in [0, 0.05) is 28.1 Å². The van der Waals surface area contributed by atoms with Crippen molar-refractivity contribution < 1.29 is 4.39 Å². The minimum atomic E-state index is -0.205. The zero-order valence-electron chi connectivity index (χ0n) is 10.4. The van der Waals surface area contributed by atoms with Crippen LogP contribution in [0, 0.1) is 5.82 Å². The SMILES string of the molecule is CC(N)c1cnc(-c2ccc(F)c3ccccc23)s1. The summed E-state index contributed by atoms with van der Waals surface area (Å²) in [6, 6.07) is 10.7. The Morgan fingerprint density at radius 1 is 1.16 bits per heavy atom. The first kappa shape index (κ1) is 12.3. The Bertz CT molecular complexity index is 734. The van der Waals surface area contributed by atoms with E-state index in [4.69, 9.17) is 5.73 Å². The molecule has 0 amide bonds. The summed E-state index contributed by atoms with van der Waals surface area (Å²) >= 11 is 1.56. The van der Waals surface area contributed by atoms with E-state index in [1.54, 1.807) is 29.7 Å². The van der Waals surface area contributed by atoms with E-state index in [1.165, 1.54) is 6.07 Å². The molecule has 3 rings (SSSR count). The molecule has 0 aliphatic heterocycles. The Kier molecular flexibility index (Phi) is 3.05. The lowest BCUT2D eigenvalue weighted by Crippen LogP contribution is -2.01. The van der Waals surface area contributed by atoms with E-state index in [0.29, 0.717) is 5.39 Å². The molecule has 0 bridgehead atoms. The minimum Gasteiger partial charge on any atom is -0.323 e. The van der Waals surface area contributed by atoms with Crippen molar-refractivity contribution in [1.29, 1.82) is 0 Å². The van der Waals surface area contributed by atoms with E-state index in [1.807, 2.05) is 25.1 Å². The average molecular weight is 272 g/mol. The van der Waals surface area contributed by atoms with Crippen molar-refractivity contribution in [3.63, 3.8) is 0 Å². The Morgan fingerprint density at radius 3 is 2.58 bits per heavy atom. The van der Waals surface area contributed by atoms with Crippen LogP contribution in [0.2, 0.25) is 0 Å². The summed E-state index contributed by atoms with van der Waals surface area (Å²) in [5.74, 6) is -0.205. The summed E-state index contributed by atoms with van der Waals surface area (Å²) < 4.78 is 13.8. The fourth-order valence-corrected chi connectivity index (χ4v) is 2.98. The van der Waals surface area contributed by atoms with E-state index in [-0.39, 0.29) is 11.9 Å². The zero-order chi connectivity index (χ0) is 13.4. The Balaban J connectivity index is 2.22. The number of hydrogen-bond donors (Lipinski definition) is 1. The normalized spacial score (nSPS) is 12.8. The number of fused-ring (bicyclic) bond motifs is 1. The maximum atomic E-state index is 13.8. The summed E-state index contributed by atoms with van der Waals surface area (Å²) in [5, 5.41) is 2.38. The fraction of sp³-hybridized carbons (Fsp3) is 0.133. The first-order chi connectivity index (χ1) is 9.16. The molecule has 0 aliphatic rings. The van der Waals surface area contributed by atoms with Crippen LogP contribution in [0.1, 0.15) is 17.8 Å². The molecule has 0 saturated heterocycles. The number of halogens is 1. The molecule has 0 aliphatic carbocycles. The molecule has 2 aromatic carbocycles. The highest BCUT2D eigenvalue weighted by molar-refractivity contribution is 7.15. The highest BCUT2D eigenvalue weighted by atomic mass is 32.1. The summed E-state index contributed by atoms with van der Waals surface area (Å²) in [6.45, 7) is 1.93. The van der Waals surface area contributed by atoms with Gasteiger partial charge in [-0.2, -0.15) is 0 Å². The number of rotatable bonds is 2. The van der Waals surface area contributed by atoms with E-state index in [2.05, 4.69) is 4.98 Å². The maximum Gasteiger partial charge on any atom is 0.131 e. The van der Waals surface area contributed by atoms with Crippen molar-refractivity contribution in [3.8, 4) is 10.6 Å². The summed E-state index contributed by atoms with van der Waals surface area (Å²) in [5.41, 5.74) is 6.80. The van der Waals surface area contributed by atoms with Crippen molar-refractivity contribution >= 4 is 22.1 Å². The van der Waals surface area contributed by atoms with Gasteiger partial charge in [-0.05, 0) is 24.4 Å². The van der Waals surface area contributed by atoms with E-state index in [9.17, 15) is 4.39 Å². The van der Waals surface area contributed by atoms with Crippen molar-refractivity contribution in [2.24, 2.45) is 5.73 Å². The summed E-state index contributed by atoms with van der Waals surface area (Å²) in [7, 11) is 0. The van der Waals surface area contributed by atoms with E-state index < -0.39 is 0 Å². The number of nitrogens with zero attached hydrogens (tertiary/aromatic N) is 1. The molecule has 2 N–H and O–H groups in total. The quantitative estimate of drug-likeness (QED) is 0.762. The highest BCUT2D eigenvalue weighted by Crippen LogP contribution is 2.33. The number of thiazole rings is 1. The molecule has 0 radical (unpaired) electrons. The molecule has 1 atom stereocenters. The summed E-state index contributed by atoms with van der Waals surface area (Å²) in [6.07, 6.45) is 1.79. The van der Waals surface area contributed by atoms with Crippen LogP contribution in [0.5, 0.6) is 0 Å². The minimum absolute atomic E-state index is 0.0297.